The summed E-state index contributed by atoms with van der Waals surface area (Å²) in [5, 5.41) is 0. The van der Waals surface area contributed by atoms with Gasteiger partial charge in [0.05, 0.1) is 6.26 Å². The van der Waals surface area contributed by atoms with Crippen LogP contribution in [0, 0.1) is 0 Å². The summed E-state index contributed by atoms with van der Waals surface area (Å²) in [5.41, 5.74) is 1.47. The predicted molar refractivity (Wildman–Crippen MR) is 67.7 cm³/mol. The van der Waals surface area contributed by atoms with E-state index in [9.17, 15) is 4.79 Å². The Bertz CT molecular complexity index is 507. The first-order valence-corrected chi connectivity index (χ1v) is 5.65. The molecule has 1 aromatic carbocycles. The summed E-state index contributed by atoms with van der Waals surface area (Å²) in [4.78, 5) is 12.2. The molecule has 1 heterocycles. The molecular weight excluding hydrogens is 212 g/mol. The maximum Gasteiger partial charge on any atom is 0.189 e. The summed E-state index contributed by atoms with van der Waals surface area (Å²) in [5.74, 6) is 0.774. The highest BCUT2D eigenvalue weighted by atomic mass is 16.3. The molecule has 0 spiro atoms. The average Bonchev–Trinajstić information content (AvgIpc) is 2.89. The Morgan fingerprint density at radius 3 is 2.53 bits per heavy atom. The van der Waals surface area contributed by atoms with Crippen molar-refractivity contribution in [2.75, 3.05) is 0 Å². The summed E-state index contributed by atoms with van der Waals surface area (Å²) in [6.07, 6.45) is 4.09. The summed E-state index contributed by atoms with van der Waals surface area (Å²) < 4.78 is 5.22. The van der Waals surface area contributed by atoms with Gasteiger partial charge in [0.25, 0.3) is 0 Å². The molecule has 86 valence electrons. The molecule has 2 aromatic rings. The van der Waals surface area contributed by atoms with Gasteiger partial charge in [-0.05, 0) is 24.6 Å². The van der Waals surface area contributed by atoms with E-state index in [1.165, 1.54) is 0 Å². The topological polar surface area (TPSA) is 30.2 Å². The Balaban J connectivity index is 2.28. The van der Waals surface area contributed by atoms with Crippen LogP contribution in [-0.2, 0) is 0 Å². The molecule has 0 radical (unpaired) electrons. The first kappa shape index (κ1) is 11.4. The van der Waals surface area contributed by atoms with Gasteiger partial charge < -0.3 is 4.42 Å². The van der Waals surface area contributed by atoms with E-state index in [1.807, 2.05) is 49.4 Å². The van der Waals surface area contributed by atoms with Crippen molar-refractivity contribution in [1.82, 2.24) is 0 Å². The molecule has 0 aliphatic heterocycles. The third-order valence-electron chi connectivity index (χ3n) is 2.57. The van der Waals surface area contributed by atoms with Gasteiger partial charge in [0.15, 0.2) is 5.78 Å². The van der Waals surface area contributed by atoms with Crippen LogP contribution in [0.4, 0.5) is 0 Å². The monoisotopic (exact) mass is 226 g/mol. The quantitative estimate of drug-likeness (QED) is 0.583. The van der Waals surface area contributed by atoms with Crippen LogP contribution >= 0.6 is 0 Å². The molecule has 0 fully saturated rings. The lowest BCUT2D eigenvalue weighted by Crippen LogP contribution is -2.02. The fraction of sp³-hybridized carbons (Fsp3) is 0.133. The van der Waals surface area contributed by atoms with Crippen LogP contribution in [0.1, 0.15) is 29.5 Å². The first-order valence-electron chi connectivity index (χ1n) is 5.65. The van der Waals surface area contributed by atoms with Crippen LogP contribution in [0.2, 0.25) is 0 Å². The second-order valence-corrected chi connectivity index (χ2v) is 3.73. The summed E-state index contributed by atoms with van der Waals surface area (Å²) in [6, 6.07) is 12.9. The maximum absolute atomic E-state index is 12.2. The van der Waals surface area contributed by atoms with E-state index in [2.05, 4.69) is 0 Å². The van der Waals surface area contributed by atoms with E-state index < -0.39 is 0 Å². The number of rotatable bonds is 4. The third kappa shape index (κ3) is 2.72. The zero-order chi connectivity index (χ0) is 12.1. The molecule has 2 heteroatoms. The highest BCUT2D eigenvalue weighted by Gasteiger charge is 2.10. The number of carbonyl (C=O) groups is 1. The molecular formula is C15H14O2. The third-order valence-corrected chi connectivity index (χ3v) is 2.57. The molecule has 2 nitrogen and oxygen atoms in total. The number of ketones is 1. The van der Waals surface area contributed by atoms with Gasteiger partial charge in [0.1, 0.15) is 5.76 Å². The van der Waals surface area contributed by atoms with E-state index in [4.69, 9.17) is 4.42 Å². The number of hydrogen-bond acceptors (Lipinski definition) is 2. The van der Waals surface area contributed by atoms with Crippen LogP contribution in [0.5, 0.6) is 0 Å². The highest BCUT2D eigenvalue weighted by molar-refractivity contribution is 6.11. The van der Waals surface area contributed by atoms with Crippen LogP contribution in [0.15, 0.2) is 58.7 Å². The Hall–Kier alpha value is -2.09. The highest BCUT2D eigenvalue weighted by Crippen LogP contribution is 2.15. The van der Waals surface area contributed by atoms with Gasteiger partial charge in [-0.1, -0.05) is 37.3 Å². The van der Waals surface area contributed by atoms with Crippen LogP contribution < -0.4 is 0 Å². The zero-order valence-corrected chi connectivity index (χ0v) is 9.72. The van der Waals surface area contributed by atoms with Gasteiger partial charge >= 0.3 is 0 Å². The second kappa shape index (κ2) is 5.30. The van der Waals surface area contributed by atoms with E-state index in [-0.39, 0.29) is 5.78 Å². The fourth-order valence-corrected chi connectivity index (χ4v) is 1.65. The average molecular weight is 226 g/mol. The largest absolute Gasteiger partial charge is 0.465 e. The van der Waals surface area contributed by atoms with E-state index in [1.54, 1.807) is 12.3 Å². The summed E-state index contributed by atoms with van der Waals surface area (Å²) >= 11 is 0. The summed E-state index contributed by atoms with van der Waals surface area (Å²) in [7, 11) is 0. The van der Waals surface area contributed by atoms with Crippen molar-refractivity contribution in [3.05, 3.63) is 65.6 Å². The molecule has 0 amide bonds. The van der Waals surface area contributed by atoms with Crippen molar-refractivity contribution in [3.63, 3.8) is 0 Å². The van der Waals surface area contributed by atoms with Crippen molar-refractivity contribution in [2.24, 2.45) is 0 Å². The number of allylic oxidation sites excluding steroid dienone is 1. The molecule has 0 N–H and O–H groups in total. The molecule has 0 unspecified atom stereocenters. The van der Waals surface area contributed by atoms with Gasteiger partial charge in [0.2, 0.25) is 0 Å². The standard InChI is InChI=1S/C15H14O2/c1-2-12(11-14-9-6-10-17-14)15(16)13-7-4-3-5-8-13/h3-11H,2H2,1H3/b12-11+. The van der Waals surface area contributed by atoms with Crippen molar-refractivity contribution < 1.29 is 9.21 Å². The number of furan rings is 1. The Morgan fingerprint density at radius 1 is 1.18 bits per heavy atom. The lowest BCUT2D eigenvalue weighted by molar-refractivity contribution is 0.103. The molecule has 0 aliphatic carbocycles. The van der Waals surface area contributed by atoms with Gasteiger partial charge in [-0.15, -0.1) is 0 Å². The Morgan fingerprint density at radius 2 is 1.94 bits per heavy atom. The zero-order valence-electron chi connectivity index (χ0n) is 9.72. The lowest BCUT2D eigenvalue weighted by atomic mass is 10.0. The van der Waals surface area contributed by atoms with E-state index in [0.29, 0.717) is 17.7 Å². The number of benzene rings is 1. The SMILES string of the molecule is CC/C(=C\c1ccco1)C(=O)c1ccccc1. The van der Waals surface area contributed by atoms with Gasteiger partial charge in [0, 0.05) is 11.1 Å². The Kier molecular flexibility index (Phi) is 3.55. The lowest BCUT2D eigenvalue weighted by Gasteiger charge is -2.03. The van der Waals surface area contributed by atoms with Gasteiger partial charge in [-0.25, -0.2) is 0 Å². The second-order valence-electron chi connectivity index (χ2n) is 3.73. The molecule has 0 saturated heterocycles. The number of hydrogen-bond donors (Lipinski definition) is 0. The van der Waals surface area contributed by atoms with Crippen molar-refractivity contribution in [2.45, 2.75) is 13.3 Å². The number of carbonyl (C=O) groups excluding carboxylic acids is 1. The molecule has 0 atom stereocenters. The van der Waals surface area contributed by atoms with Crippen LogP contribution in [0.25, 0.3) is 6.08 Å². The minimum absolute atomic E-state index is 0.0597. The predicted octanol–water partition coefficient (Wildman–Crippen LogP) is 3.96. The minimum Gasteiger partial charge on any atom is -0.465 e. The normalized spacial score (nSPS) is 11.5. The number of Topliss-reactive ketones (excluding diaryl/α,β-unsaturated/α-hetero) is 1. The molecule has 2 rings (SSSR count). The van der Waals surface area contributed by atoms with Crippen LogP contribution in [0.3, 0.4) is 0 Å². The summed E-state index contributed by atoms with van der Waals surface area (Å²) in [6.45, 7) is 1.97. The van der Waals surface area contributed by atoms with Crippen molar-refractivity contribution >= 4 is 11.9 Å². The van der Waals surface area contributed by atoms with Crippen molar-refractivity contribution in [3.8, 4) is 0 Å². The maximum atomic E-state index is 12.2. The molecule has 0 saturated carbocycles. The van der Waals surface area contributed by atoms with Gasteiger partial charge in [-0.2, -0.15) is 0 Å². The van der Waals surface area contributed by atoms with E-state index in [0.717, 1.165) is 5.57 Å². The Labute approximate surface area is 101 Å². The molecule has 0 bridgehead atoms. The first-order chi connectivity index (χ1) is 8.31. The molecule has 17 heavy (non-hydrogen) atoms. The van der Waals surface area contributed by atoms with Crippen LogP contribution in [-0.4, -0.2) is 5.78 Å². The molecule has 1 aromatic heterocycles. The minimum atomic E-state index is 0.0597. The van der Waals surface area contributed by atoms with Gasteiger partial charge in [-0.3, -0.25) is 4.79 Å². The van der Waals surface area contributed by atoms with Crippen molar-refractivity contribution in [1.29, 1.82) is 0 Å². The molecule has 0 aliphatic rings. The fourth-order valence-electron chi connectivity index (χ4n) is 1.65. The smallest absolute Gasteiger partial charge is 0.189 e. The van der Waals surface area contributed by atoms with E-state index >= 15 is 0 Å².